The zero-order chi connectivity index (χ0) is 14.3. The Bertz CT molecular complexity index is 576. The minimum atomic E-state index is -2.45. The molecule has 1 heterocycles. The van der Waals surface area contributed by atoms with Gasteiger partial charge in [0.15, 0.2) is 0 Å². The Kier molecular flexibility index (Phi) is 1.99. The summed E-state index contributed by atoms with van der Waals surface area (Å²) in [7, 11) is -4.39. The highest BCUT2D eigenvalue weighted by atomic mass is 28.3. The molecule has 0 aliphatic heterocycles. The van der Waals surface area contributed by atoms with Gasteiger partial charge in [-0.15, -0.1) is 5.10 Å². The predicted octanol–water partition coefficient (Wildman–Crippen LogP) is 2.45. The first-order valence-electron chi connectivity index (χ1n) is 6.66. The molecular weight excluding hydrogens is 218 g/mol. The Labute approximate surface area is 100 Å². The summed E-state index contributed by atoms with van der Waals surface area (Å²) in [6.07, 6.45) is 0. The van der Waals surface area contributed by atoms with Crippen LogP contribution in [0.1, 0.15) is 9.96 Å². The van der Waals surface area contributed by atoms with Crippen LogP contribution in [-0.2, 0) is 4.74 Å². The molecule has 1 aromatic carbocycles. The van der Waals surface area contributed by atoms with Crippen LogP contribution < -0.4 is 0 Å². The quantitative estimate of drug-likeness (QED) is 0.771. The molecule has 0 saturated heterocycles. The van der Waals surface area contributed by atoms with Crippen LogP contribution in [0.15, 0.2) is 24.3 Å². The maximum Gasteiger partial charge on any atom is 0.136 e. The zero-order valence-corrected chi connectivity index (χ0v) is 10.6. The Balaban J connectivity index is 2.49. The normalized spacial score (nSPS) is 17.8. The summed E-state index contributed by atoms with van der Waals surface area (Å²) >= 11 is 0. The van der Waals surface area contributed by atoms with E-state index < -0.39 is 21.0 Å². The smallest absolute Gasteiger partial charge is 0.136 e. The molecule has 16 heavy (non-hydrogen) atoms. The Morgan fingerprint density at radius 2 is 2.12 bits per heavy atom. The van der Waals surface area contributed by atoms with E-state index in [1.54, 1.807) is 4.68 Å². The number of ether oxygens (including phenoxy) is 1. The molecular formula is C11H17N3OSi. The van der Waals surface area contributed by atoms with Crippen LogP contribution in [0.5, 0.6) is 0 Å². The molecule has 0 radical (unpaired) electrons. The highest BCUT2D eigenvalue weighted by Crippen LogP contribution is 2.24. The van der Waals surface area contributed by atoms with Gasteiger partial charge in [-0.05, 0) is 12.1 Å². The average molecular weight is 238 g/mol. The lowest BCUT2D eigenvalue weighted by Crippen LogP contribution is -2.37. The first-order valence-corrected chi connectivity index (χ1v) is 8.74. The fourth-order valence-electron chi connectivity index (χ4n) is 1.65. The molecule has 4 nitrogen and oxygen atoms in total. The average Bonchev–Trinajstić information content (AvgIpc) is 2.66. The molecule has 2 aromatic rings. The van der Waals surface area contributed by atoms with Crippen molar-refractivity contribution in [3.05, 3.63) is 24.3 Å². The third kappa shape index (κ3) is 1.88. The second kappa shape index (κ2) is 3.99. The van der Waals surface area contributed by atoms with Crippen LogP contribution in [0.25, 0.3) is 11.0 Å². The summed E-state index contributed by atoms with van der Waals surface area (Å²) in [5.74, 6) is -0.576. The molecule has 0 fully saturated rings. The summed E-state index contributed by atoms with van der Waals surface area (Å²) in [5.41, 5.74) is 1.53. The lowest BCUT2D eigenvalue weighted by molar-refractivity contribution is 0.0954. The van der Waals surface area contributed by atoms with Gasteiger partial charge in [0, 0.05) is 7.04 Å². The molecule has 0 spiro atoms. The van der Waals surface area contributed by atoms with E-state index >= 15 is 0 Å². The second-order valence-electron chi connectivity index (χ2n) is 4.86. The van der Waals surface area contributed by atoms with E-state index in [0.29, 0.717) is 0 Å². The predicted molar refractivity (Wildman–Crippen MR) is 66.9 cm³/mol. The Hall–Kier alpha value is -1.20. The summed E-state index contributed by atoms with van der Waals surface area (Å²) < 4.78 is 28.8. The van der Waals surface area contributed by atoms with E-state index in [1.807, 2.05) is 43.9 Å². The van der Waals surface area contributed by atoms with Gasteiger partial charge in [-0.25, -0.2) is 4.68 Å². The van der Waals surface area contributed by atoms with E-state index in [1.165, 1.54) is 0 Å². The summed E-state index contributed by atoms with van der Waals surface area (Å²) in [6, 6.07) is 7.45. The van der Waals surface area contributed by atoms with Crippen LogP contribution in [0, 0.1) is 0 Å². The fraction of sp³-hybridized carbons (Fsp3) is 0.455. The molecule has 1 atom stereocenters. The second-order valence-corrected chi connectivity index (χ2v) is 10.1. The van der Waals surface area contributed by atoms with E-state index in [4.69, 9.17) is 8.85 Å². The number of rotatable bonds is 3. The highest BCUT2D eigenvalue weighted by Gasteiger charge is 2.30. The van der Waals surface area contributed by atoms with Crippen LogP contribution >= 0.6 is 0 Å². The summed E-state index contributed by atoms with van der Waals surface area (Å²) in [6.45, 7) is 6.12. The third-order valence-corrected chi connectivity index (χ3v) is 4.30. The number of para-hydroxylation sites is 1. The number of benzene rings is 1. The minimum absolute atomic E-state index is 0.576. The van der Waals surface area contributed by atoms with Crippen molar-refractivity contribution in [2.75, 3.05) is 7.04 Å². The Morgan fingerprint density at radius 1 is 1.38 bits per heavy atom. The largest absolute Gasteiger partial charge is 0.363 e. The lowest BCUT2D eigenvalue weighted by Gasteiger charge is -2.27. The molecule has 5 heteroatoms. The molecule has 0 aliphatic rings. The van der Waals surface area contributed by atoms with E-state index in [0.717, 1.165) is 11.0 Å². The number of aromatic nitrogens is 3. The summed E-state index contributed by atoms with van der Waals surface area (Å²) in [5, 5.41) is 8.13. The van der Waals surface area contributed by atoms with Crippen molar-refractivity contribution in [3.8, 4) is 0 Å². The van der Waals surface area contributed by atoms with Crippen LogP contribution in [0.3, 0.4) is 0 Å². The van der Waals surface area contributed by atoms with Crippen molar-refractivity contribution in [1.29, 1.82) is 0 Å². The van der Waals surface area contributed by atoms with Gasteiger partial charge in [-0.1, -0.05) is 37.0 Å². The van der Waals surface area contributed by atoms with Gasteiger partial charge in [0.05, 0.1) is 9.63 Å². The van der Waals surface area contributed by atoms with Gasteiger partial charge < -0.3 is 4.74 Å². The van der Waals surface area contributed by atoms with Gasteiger partial charge in [0.1, 0.15) is 19.4 Å². The number of methoxy groups -OCH3 is 1. The van der Waals surface area contributed by atoms with Crippen LogP contribution in [0.4, 0.5) is 0 Å². The first kappa shape index (κ1) is 7.97. The van der Waals surface area contributed by atoms with Crippen molar-refractivity contribution >= 4 is 19.1 Å². The van der Waals surface area contributed by atoms with Gasteiger partial charge in [0.25, 0.3) is 0 Å². The fourth-order valence-corrected chi connectivity index (χ4v) is 2.93. The van der Waals surface area contributed by atoms with E-state index in [-0.39, 0.29) is 0 Å². The standard InChI is InChI=1S/C11H17N3OSi/c1-15-11(16(2,3)4)14-10-8-6-5-7-9(10)12-13-14/h5-8,11H,1-4H3/i1D3. The number of nitrogens with zero attached hydrogens (tertiary/aromatic N) is 3. The van der Waals surface area contributed by atoms with Crippen LogP contribution in [0.2, 0.25) is 19.6 Å². The van der Waals surface area contributed by atoms with Gasteiger partial charge in [-0.2, -0.15) is 0 Å². The molecule has 1 aromatic heterocycles. The molecule has 2 rings (SSSR count). The van der Waals surface area contributed by atoms with E-state index in [9.17, 15) is 0 Å². The minimum Gasteiger partial charge on any atom is -0.363 e. The SMILES string of the molecule is [2H]C([2H])([2H])OC(n1nnc2ccccc21)[Si](C)(C)C. The van der Waals surface area contributed by atoms with Gasteiger partial charge in [0.2, 0.25) is 0 Å². The number of hydrogen-bond donors (Lipinski definition) is 0. The first-order chi connectivity index (χ1) is 8.68. The third-order valence-electron chi connectivity index (χ3n) is 2.45. The van der Waals surface area contributed by atoms with Crippen molar-refractivity contribution < 1.29 is 8.85 Å². The molecule has 0 saturated carbocycles. The molecule has 86 valence electrons. The molecule has 0 bridgehead atoms. The Morgan fingerprint density at radius 3 is 2.81 bits per heavy atom. The number of hydrogen-bond acceptors (Lipinski definition) is 3. The van der Waals surface area contributed by atoms with Crippen molar-refractivity contribution in [1.82, 2.24) is 15.0 Å². The van der Waals surface area contributed by atoms with Crippen molar-refractivity contribution in [2.24, 2.45) is 0 Å². The zero-order valence-electron chi connectivity index (χ0n) is 12.6. The maximum absolute atomic E-state index is 7.32. The van der Waals surface area contributed by atoms with Gasteiger partial charge in [-0.3, -0.25) is 0 Å². The maximum atomic E-state index is 7.32. The molecule has 0 N–H and O–H groups in total. The lowest BCUT2D eigenvalue weighted by atomic mass is 10.3. The van der Waals surface area contributed by atoms with Crippen molar-refractivity contribution in [2.45, 2.75) is 25.5 Å². The number of fused-ring (bicyclic) bond motifs is 1. The van der Waals surface area contributed by atoms with Crippen LogP contribution in [-0.4, -0.2) is 30.1 Å². The molecule has 1 unspecified atom stereocenters. The monoisotopic (exact) mass is 238 g/mol. The van der Waals surface area contributed by atoms with E-state index in [2.05, 4.69) is 10.3 Å². The molecule has 0 amide bonds. The van der Waals surface area contributed by atoms with Gasteiger partial charge >= 0.3 is 0 Å². The topological polar surface area (TPSA) is 39.9 Å². The van der Waals surface area contributed by atoms with Crippen molar-refractivity contribution in [3.63, 3.8) is 0 Å². The highest BCUT2D eigenvalue weighted by molar-refractivity contribution is 6.76. The molecule has 0 aliphatic carbocycles. The summed E-state index contributed by atoms with van der Waals surface area (Å²) in [4.78, 5) is 0.